The van der Waals surface area contributed by atoms with E-state index < -0.39 is 11.9 Å². The van der Waals surface area contributed by atoms with Crippen molar-refractivity contribution in [3.8, 4) is 11.1 Å². The molecular weight excluding hydrogens is 290 g/mol. The average molecular weight is 301 g/mol. The molecule has 0 aliphatic rings. The molecule has 0 atom stereocenters. The predicted octanol–water partition coefficient (Wildman–Crippen LogP) is 2.25. The Bertz CT molecular complexity index is 676. The highest BCUT2D eigenvalue weighted by Gasteiger charge is 2.00. The summed E-state index contributed by atoms with van der Waals surface area (Å²) in [4.78, 5) is 21.6. The van der Waals surface area contributed by atoms with Gasteiger partial charge in [-0.05, 0) is 41.5 Å². The van der Waals surface area contributed by atoms with Crippen LogP contribution in [0.15, 0.2) is 60.7 Å². The fourth-order valence-corrected chi connectivity index (χ4v) is 1.84. The van der Waals surface area contributed by atoms with Gasteiger partial charge in [-0.3, -0.25) is 4.79 Å². The van der Waals surface area contributed by atoms with Crippen LogP contribution < -0.4 is 10.4 Å². The number of aliphatic carboxylic acids is 1. The van der Waals surface area contributed by atoms with E-state index in [9.17, 15) is 14.7 Å². The fraction of sp³-hybridized carbons (Fsp3) is 0. The van der Waals surface area contributed by atoms with Gasteiger partial charge in [-0.2, -0.15) is 0 Å². The van der Waals surface area contributed by atoms with Crippen molar-refractivity contribution in [3.63, 3.8) is 0 Å². The van der Waals surface area contributed by atoms with E-state index in [1.807, 2.05) is 24.3 Å². The van der Waals surface area contributed by atoms with Crippen molar-refractivity contribution >= 4 is 29.2 Å². The summed E-state index contributed by atoms with van der Waals surface area (Å²) < 4.78 is 0. The van der Waals surface area contributed by atoms with Crippen LogP contribution in [-0.4, -0.2) is 11.9 Å². The topological polar surface area (TPSA) is 69.2 Å². The van der Waals surface area contributed by atoms with Gasteiger partial charge in [0.2, 0.25) is 5.91 Å². The van der Waals surface area contributed by atoms with Crippen LogP contribution in [0.3, 0.4) is 0 Å². The highest BCUT2D eigenvalue weighted by molar-refractivity contribution is 6.30. The zero-order valence-electron chi connectivity index (χ0n) is 10.9. The molecule has 2 aromatic rings. The lowest BCUT2D eigenvalue weighted by Crippen LogP contribution is -2.20. The second-order valence-electron chi connectivity index (χ2n) is 4.23. The largest absolute Gasteiger partial charge is 0.545 e. The number of carbonyl (C=O) groups is 2. The van der Waals surface area contributed by atoms with E-state index >= 15 is 0 Å². The van der Waals surface area contributed by atoms with Gasteiger partial charge in [0.05, 0.1) is 5.97 Å². The highest BCUT2D eigenvalue weighted by atomic mass is 35.5. The molecule has 2 aromatic carbocycles. The van der Waals surface area contributed by atoms with Crippen LogP contribution in [0.2, 0.25) is 5.02 Å². The second kappa shape index (κ2) is 6.72. The van der Waals surface area contributed by atoms with Gasteiger partial charge in [-0.1, -0.05) is 35.9 Å². The van der Waals surface area contributed by atoms with Crippen LogP contribution in [0.4, 0.5) is 5.69 Å². The molecule has 106 valence electrons. The first kappa shape index (κ1) is 14.8. The summed E-state index contributed by atoms with van der Waals surface area (Å²) in [5, 5.41) is 13.4. The standard InChI is InChI=1S/C16H12ClNO3/c17-13-5-1-11(2-6-13)12-3-7-14(8-4-12)18-15(19)9-10-16(20)21/h1-10H,(H,18,19)(H,20,21)/p-1/b10-9-. The number of hydrogen-bond acceptors (Lipinski definition) is 3. The first-order chi connectivity index (χ1) is 10.0. The van der Waals surface area contributed by atoms with Gasteiger partial charge in [0.1, 0.15) is 0 Å². The lowest BCUT2D eigenvalue weighted by molar-refractivity contribution is -0.297. The summed E-state index contributed by atoms with van der Waals surface area (Å²) in [5.41, 5.74) is 2.56. The quantitative estimate of drug-likeness (QED) is 0.881. The Morgan fingerprint density at radius 2 is 1.43 bits per heavy atom. The minimum Gasteiger partial charge on any atom is -0.545 e. The zero-order valence-corrected chi connectivity index (χ0v) is 11.6. The molecule has 0 bridgehead atoms. The monoisotopic (exact) mass is 300 g/mol. The maximum absolute atomic E-state index is 11.4. The summed E-state index contributed by atoms with van der Waals surface area (Å²) in [6, 6.07) is 14.6. The molecule has 2 rings (SSSR count). The second-order valence-corrected chi connectivity index (χ2v) is 4.66. The number of halogens is 1. The van der Waals surface area contributed by atoms with E-state index in [0.717, 1.165) is 17.2 Å². The molecule has 5 heteroatoms. The molecule has 0 spiro atoms. The summed E-state index contributed by atoms with van der Waals surface area (Å²) in [6.07, 6.45) is 1.58. The minimum atomic E-state index is -1.41. The first-order valence-corrected chi connectivity index (χ1v) is 6.48. The van der Waals surface area contributed by atoms with E-state index in [2.05, 4.69) is 5.32 Å². The van der Waals surface area contributed by atoms with Gasteiger partial charge in [-0.25, -0.2) is 0 Å². The molecule has 21 heavy (non-hydrogen) atoms. The maximum Gasteiger partial charge on any atom is 0.248 e. The normalized spacial score (nSPS) is 10.5. The van der Waals surface area contributed by atoms with E-state index in [-0.39, 0.29) is 0 Å². The van der Waals surface area contributed by atoms with Crippen molar-refractivity contribution < 1.29 is 14.7 Å². The lowest BCUT2D eigenvalue weighted by Gasteiger charge is -2.05. The molecular formula is C16H11ClNO3-. The summed E-state index contributed by atoms with van der Waals surface area (Å²) in [6.45, 7) is 0. The van der Waals surface area contributed by atoms with Gasteiger partial charge in [0.25, 0.3) is 0 Å². The van der Waals surface area contributed by atoms with E-state index in [1.165, 1.54) is 0 Å². The zero-order chi connectivity index (χ0) is 15.2. The van der Waals surface area contributed by atoms with Crippen molar-refractivity contribution in [2.24, 2.45) is 0 Å². The molecule has 0 unspecified atom stereocenters. The molecule has 1 N–H and O–H groups in total. The third kappa shape index (κ3) is 4.47. The Kier molecular flexibility index (Phi) is 4.74. The molecule has 1 amide bonds. The Morgan fingerprint density at radius 1 is 0.905 bits per heavy atom. The maximum atomic E-state index is 11.4. The van der Waals surface area contributed by atoms with E-state index in [1.54, 1.807) is 24.3 Å². The van der Waals surface area contributed by atoms with Crippen LogP contribution >= 0.6 is 11.6 Å². The van der Waals surface area contributed by atoms with E-state index in [0.29, 0.717) is 16.8 Å². The molecule has 0 saturated carbocycles. The summed E-state index contributed by atoms with van der Waals surface area (Å²) in [7, 11) is 0. The van der Waals surface area contributed by atoms with Crippen LogP contribution in [0.5, 0.6) is 0 Å². The molecule has 0 saturated heterocycles. The highest BCUT2D eigenvalue weighted by Crippen LogP contribution is 2.23. The van der Waals surface area contributed by atoms with Crippen molar-refractivity contribution in [2.75, 3.05) is 5.32 Å². The SMILES string of the molecule is O=C([O-])/C=C\C(=O)Nc1ccc(-c2ccc(Cl)cc2)cc1. The van der Waals surface area contributed by atoms with Crippen LogP contribution in [0.1, 0.15) is 0 Å². The molecule has 0 aliphatic carbocycles. The van der Waals surface area contributed by atoms with Gasteiger partial charge in [0.15, 0.2) is 0 Å². The third-order valence-corrected chi connectivity index (χ3v) is 2.95. The fourth-order valence-electron chi connectivity index (χ4n) is 1.72. The Labute approximate surface area is 126 Å². The third-order valence-electron chi connectivity index (χ3n) is 2.70. The number of carboxylic acids is 1. The van der Waals surface area contributed by atoms with Crippen molar-refractivity contribution in [2.45, 2.75) is 0 Å². The van der Waals surface area contributed by atoms with Crippen LogP contribution in [0, 0.1) is 0 Å². The number of nitrogens with one attached hydrogen (secondary N) is 1. The number of carboxylic acid groups (broad SMARTS) is 1. The number of rotatable bonds is 4. The molecule has 0 aromatic heterocycles. The molecule has 0 fully saturated rings. The predicted molar refractivity (Wildman–Crippen MR) is 79.7 cm³/mol. The molecule has 4 nitrogen and oxygen atoms in total. The first-order valence-electron chi connectivity index (χ1n) is 6.10. The smallest absolute Gasteiger partial charge is 0.248 e. The van der Waals surface area contributed by atoms with Crippen molar-refractivity contribution in [1.29, 1.82) is 0 Å². The van der Waals surface area contributed by atoms with Crippen molar-refractivity contribution in [3.05, 3.63) is 65.7 Å². The number of anilines is 1. The average Bonchev–Trinajstić information content (AvgIpc) is 2.47. The van der Waals surface area contributed by atoms with Crippen molar-refractivity contribution in [1.82, 2.24) is 0 Å². The summed E-state index contributed by atoms with van der Waals surface area (Å²) in [5.74, 6) is -1.94. The van der Waals surface area contributed by atoms with Gasteiger partial charge < -0.3 is 15.2 Å². The molecule has 0 radical (unpaired) electrons. The Balaban J connectivity index is 2.07. The van der Waals surface area contributed by atoms with Gasteiger partial charge in [0, 0.05) is 16.8 Å². The van der Waals surface area contributed by atoms with Crippen LogP contribution in [-0.2, 0) is 9.59 Å². The number of benzene rings is 2. The van der Waals surface area contributed by atoms with E-state index in [4.69, 9.17) is 11.6 Å². The summed E-state index contributed by atoms with van der Waals surface area (Å²) >= 11 is 5.83. The molecule has 0 heterocycles. The minimum absolute atomic E-state index is 0.529. The lowest BCUT2D eigenvalue weighted by atomic mass is 10.1. The Morgan fingerprint density at radius 3 is 1.95 bits per heavy atom. The number of hydrogen-bond donors (Lipinski definition) is 1. The van der Waals surface area contributed by atoms with Gasteiger partial charge >= 0.3 is 0 Å². The van der Waals surface area contributed by atoms with Crippen LogP contribution in [0.25, 0.3) is 11.1 Å². The molecule has 0 aliphatic heterocycles. The Hall–Kier alpha value is -2.59. The number of carbonyl (C=O) groups excluding carboxylic acids is 2. The van der Waals surface area contributed by atoms with Gasteiger partial charge in [-0.15, -0.1) is 0 Å². The number of amides is 1.